The molecule has 1 unspecified atom stereocenters. The number of fused-ring (bicyclic) bond motifs is 3. The minimum Gasteiger partial charge on any atom is -0.480 e. The van der Waals surface area contributed by atoms with Crippen LogP contribution in [0.1, 0.15) is 22.6 Å². The van der Waals surface area contributed by atoms with Crippen molar-refractivity contribution >= 4 is 22.2 Å². The van der Waals surface area contributed by atoms with Gasteiger partial charge in [0, 0.05) is 12.3 Å². The van der Waals surface area contributed by atoms with E-state index in [9.17, 15) is 23.1 Å². The monoisotopic (exact) mass is 467 g/mol. The maximum absolute atomic E-state index is 12.4. The van der Waals surface area contributed by atoms with Gasteiger partial charge in [-0.1, -0.05) is 60.7 Å². The first-order valence-electron chi connectivity index (χ1n) is 10.1. The third-order valence-electron chi connectivity index (χ3n) is 5.59. The molecule has 0 fully saturated rings. The lowest BCUT2D eigenvalue weighted by atomic mass is 9.98. The highest BCUT2D eigenvalue weighted by molar-refractivity contribution is 7.85. The number of alkyl carbamates (subject to hydrolysis) is 1. The van der Waals surface area contributed by atoms with Crippen LogP contribution in [0.25, 0.3) is 11.1 Å². The molecule has 0 bridgehead atoms. The summed E-state index contributed by atoms with van der Waals surface area (Å²) < 4.78 is 36.7. The van der Waals surface area contributed by atoms with Crippen LogP contribution in [0, 0.1) is 0 Å². The Labute approximate surface area is 190 Å². The summed E-state index contributed by atoms with van der Waals surface area (Å²) in [5.74, 6) is -1.42. The van der Waals surface area contributed by atoms with Crippen LogP contribution in [0.15, 0.2) is 77.7 Å². The standard InChI is InChI=1S/C24H21NO7S/c26-23(27)22(13-15-9-11-16(12-10-15)33(29,30)31)25-24(28)32-14-21-19-7-3-1-5-17(19)18-6-2-4-8-20(18)21/h1-12,21-22H,13-14H2,(H,25,28)(H,26,27)(H,29,30,31). The SMILES string of the molecule is O=C(NC(Cc1ccc(S(=O)(=O)O)cc1)C(=O)O)OCC1c2ccccc2-c2ccccc21. The number of carboxylic acid groups (broad SMARTS) is 1. The third kappa shape index (κ3) is 4.89. The summed E-state index contributed by atoms with van der Waals surface area (Å²) >= 11 is 0. The molecule has 4 rings (SSSR count). The number of carbonyl (C=O) groups is 2. The van der Waals surface area contributed by atoms with Gasteiger partial charge in [-0.15, -0.1) is 0 Å². The Morgan fingerprint density at radius 3 is 1.97 bits per heavy atom. The van der Waals surface area contributed by atoms with E-state index in [-0.39, 0.29) is 23.8 Å². The normalized spacial score (nSPS) is 13.6. The van der Waals surface area contributed by atoms with Gasteiger partial charge in [0.25, 0.3) is 10.1 Å². The number of rotatable bonds is 7. The van der Waals surface area contributed by atoms with E-state index in [0.717, 1.165) is 34.4 Å². The number of nitrogens with one attached hydrogen (secondary N) is 1. The molecule has 0 heterocycles. The van der Waals surface area contributed by atoms with Gasteiger partial charge < -0.3 is 15.2 Å². The molecule has 1 amide bonds. The molecule has 0 radical (unpaired) electrons. The van der Waals surface area contributed by atoms with E-state index >= 15 is 0 Å². The number of hydrogen-bond acceptors (Lipinski definition) is 5. The zero-order valence-corrected chi connectivity index (χ0v) is 18.2. The summed E-state index contributed by atoms with van der Waals surface area (Å²) in [7, 11) is -4.35. The maximum Gasteiger partial charge on any atom is 0.407 e. The molecular formula is C24H21NO7S. The van der Waals surface area contributed by atoms with Crippen molar-refractivity contribution < 1.29 is 32.4 Å². The van der Waals surface area contributed by atoms with Gasteiger partial charge in [-0.3, -0.25) is 4.55 Å². The van der Waals surface area contributed by atoms with E-state index in [4.69, 9.17) is 9.29 Å². The third-order valence-corrected chi connectivity index (χ3v) is 6.46. The van der Waals surface area contributed by atoms with Crippen molar-refractivity contribution in [2.45, 2.75) is 23.3 Å². The van der Waals surface area contributed by atoms with E-state index in [2.05, 4.69) is 5.32 Å². The Morgan fingerprint density at radius 2 is 1.45 bits per heavy atom. The molecule has 3 aromatic rings. The summed E-state index contributed by atoms with van der Waals surface area (Å²) in [5, 5.41) is 11.9. The zero-order chi connectivity index (χ0) is 23.6. The van der Waals surface area contributed by atoms with Crippen LogP contribution in [0.2, 0.25) is 0 Å². The molecule has 0 spiro atoms. The minimum absolute atomic E-state index is 0.0508. The van der Waals surface area contributed by atoms with Crippen molar-refractivity contribution in [3.63, 3.8) is 0 Å². The van der Waals surface area contributed by atoms with Crippen molar-refractivity contribution in [1.29, 1.82) is 0 Å². The predicted octanol–water partition coefficient (Wildman–Crippen LogP) is 3.47. The van der Waals surface area contributed by atoms with E-state index < -0.39 is 28.2 Å². The Kier molecular flexibility index (Phi) is 6.17. The molecule has 33 heavy (non-hydrogen) atoms. The largest absolute Gasteiger partial charge is 0.480 e. The van der Waals surface area contributed by atoms with E-state index in [1.807, 2.05) is 48.5 Å². The fourth-order valence-electron chi connectivity index (χ4n) is 4.02. The second kappa shape index (κ2) is 9.05. The average molecular weight is 467 g/mol. The molecule has 1 aliphatic rings. The number of amides is 1. The van der Waals surface area contributed by atoms with Gasteiger partial charge in [-0.05, 0) is 39.9 Å². The number of aliphatic carboxylic acids is 1. The highest BCUT2D eigenvalue weighted by Crippen LogP contribution is 2.44. The van der Waals surface area contributed by atoms with Gasteiger partial charge >= 0.3 is 12.1 Å². The highest BCUT2D eigenvalue weighted by atomic mass is 32.2. The Morgan fingerprint density at radius 1 is 0.909 bits per heavy atom. The van der Waals surface area contributed by atoms with E-state index in [1.165, 1.54) is 12.1 Å². The van der Waals surface area contributed by atoms with Crippen molar-refractivity contribution in [2.75, 3.05) is 6.61 Å². The summed E-state index contributed by atoms with van der Waals surface area (Å²) in [6.45, 7) is 0.0508. The summed E-state index contributed by atoms with van der Waals surface area (Å²) in [6.07, 6.45) is -0.954. The average Bonchev–Trinajstić information content (AvgIpc) is 3.11. The number of hydrogen-bond donors (Lipinski definition) is 3. The smallest absolute Gasteiger partial charge is 0.407 e. The lowest BCUT2D eigenvalue weighted by Crippen LogP contribution is -2.42. The zero-order valence-electron chi connectivity index (χ0n) is 17.3. The fourth-order valence-corrected chi connectivity index (χ4v) is 4.50. The second-order valence-electron chi connectivity index (χ2n) is 7.68. The van der Waals surface area contributed by atoms with Crippen LogP contribution in [0.3, 0.4) is 0 Å². The molecule has 0 saturated heterocycles. The van der Waals surface area contributed by atoms with Gasteiger partial charge in [-0.25, -0.2) is 9.59 Å². The number of carboxylic acids is 1. The second-order valence-corrected chi connectivity index (χ2v) is 9.11. The highest BCUT2D eigenvalue weighted by Gasteiger charge is 2.29. The first-order valence-corrected chi connectivity index (χ1v) is 11.6. The van der Waals surface area contributed by atoms with Crippen molar-refractivity contribution in [1.82, 2.24) is 5.32 Å². The molecule has 170 valence electrons. The van der Waals surface area contributed by atoms with E-state index in [1.54, 1.807) is 0 Å². The van der Waals surface area contributed by atoms with Gasteiger partial charge in [-0.2, -0.15) is 8.42 Å². The molecule has 0 aliphatic heterocycles. The topological polar surface area (TPSA) is 130 Å². The fraction of sp³-hybridized carbons (Fsp3) is 0.167. The first-order chi connectivity index (χ1) is 15.7. The van der Waals surface area contributed by atoms with Crippen molar-refractivity contribution in [2.24, 2.45) is 0 Å². The number of ether oxygens (including phenoxy) is 1. The molecule has 3 aromatic carbocycles. The lowest BCUT2D eigenvalue weighted by molar-refractivity contribution is -0.139. The van der Waals surface area contributed by atoms with Crippen molar-refractivity contribution in [3.05, 3.63) is 89.5 Å². The lowest BCUT2D eigenvalue weighted by Gasteiger charge is -2.17. The quantitative estimate of drug-likeness (QED) is 0.454. The predicted molar refractivity (Wildman–Crippen MR) is 120 cm³/mol. The number of carbonyl (C=O) groups excluding carboxylic acids is 1. The molecule has 8 nitrogen and oxygen atoms in total. The summed E-state index contributed by atoms with van der Waals surface area (Å²) in [5.41, 5.74) is 4.71. The van der Waals surface area contributed by atoms with Crippen LogP contribution >= 0.6 is 0 Å². The molecule has 0 saturated carbocycles. The van der Waals surface area contributed by atoms with Crippen LogP contribution < -0.4 is 5.32 Å². The van der Waals surface area contributed by atoms with Gasteiger partial charge in [0.2, 0.25) is 0 Å². The first kappa shape index (κ1) is 22.5. The summed E-state index contributed by atoms with van der Waals surface area (Å²) in [6, 6.07) is 19.5. The van der Waals surface area contributed by atoms with Gasteiger partial charge in [0.05, 0.1) is 4.90 Å². The molecule has 1 aliphatic carbocycles. The molecule has 1 atom stereocenters. The van der Waals surface area contributed by atoms with Crippen LogP contribution in [0.4, 0.5) is 4.79 Å². The van der Waals surface area contributed by atoms with Gasteiger partial charge in [0.1, 0.15) is 12.6 Å². The van der Waals surface area contributed by atoms with Gasteiger partial charge in [0.15, 0.2) is 0 Å². The molecule has 0 aromatic heterocycles. The van der Waals surface area contributed by atoms with Crippen LogP contribution in [-0.2, 0) is 26.1 Å². The number of benzene rings is 3. The molecule has 3 N–H and O–H groups in total. The maximum atomic E-state index is 12.4. The van der Waals surface area contributed by atoms with Crippen molar-refractivity contribution in [3.8, 4) is 11.1 Å². The molecular weight excluding hydrogens is 446 g/mol. The van der Waals surface area contributed by atoms with Crippen LogP contribution in [-0.4, -0.2) is 42.8 Å². The summed E-state index contributed by atoms with van der Waals surface area (Å²) in [4.78, 5) is 23.7. The minimum atomic E-state index is -4.35. The van der Waals surface area contributed by atoms with E-state index in [0.29, 0.717) is 5.56 Å². The Hall–Kier alpha value is -3.69. The molecule has 9 heteroatoms. The Bertz CT molecular complexity index is 1260. The van der Waals surface area contributed by atoms with Crippen LogP contribution in [0.5, 0.6) is 0 Å². The Balaban J connectivity index is 1.42.